The average Bonchev–Trinajstić information content (AvgIpc) is 2.33. The van der Waals surface area contributed by atoms with Crippen LogP contribution in [0.15, 0.2) is 0 Å². The van der Waals surface area contributed by atoms with Gasteiger partial charge in [0.15, 0.2) is 0 Å². The van der Waals surface area contributed by atoms with E-state index in [4.69, 9.17) is 5.11 Å². The van der Waals surface area contributed by atoms with Crippen molar-refractivity contribution < 1.29 is 14.7 Å². The third-order valence-electron chi connectivity index (χ3n) is 3.48. The molecule has 130 valence electrons. The van der Waals surface area contributed by atoms with E-state index in [0.717, 1.165) is 0 Å². The van der Waals surface area contributed by atoms with Crippen LogP contribution in [-0.4, -0.2) is 47.2 Å². The van der Waals surface area contributed by atoms with Crippen LogP contribution in [-0.2, 0) is 9.59 Å². The molecule has 0 rings (SSSR count). The number of carboxylic acid groups (broad SMARTS) is 1. The number of hydrogen-bond acceptors (Lipinski definition) is 4. The third-order valence-corrected chi connectivity index (χ3v) is 3.48. The van der Waals surface area contributed by atoms with E-state index < -0.39 is 17.6 Å². The third kappa shape index (κ3) is 7.75. The SMILES string of the molecule is CC(C)NC(C)(C)C(=O)NCCC(C)N[C@H](C(=O)O)C(C)C. The number of carbonyl (C=O) groups is 2. The Morgan fingerprint density at radius 2 is 1.64 bits per heavy atom. The van der Waals surface area contributed by atoms with Crippen molar-refractivity contribution >= 4 is 11.9 Å². The lowest BCUT2D eigenvalue weighted by molar-refractivity contribution is -0.141. The summed E-state index contributed by atoms with van der Waals surface area (Å²) in [6.45, 7) is 13.9. The Kier molecular flexibility index (Phi) is 8.63. The predicted molar refractivity (Wildman–Crippen MR) is 88.8 cm³/mol. The molecule has 1 unspecified atom stereocenters. The van der Waals surface area contributed by atoms with Gasteiger partial charge in [-0.2, -0.15) is 0 Å². The van der Waals surface area contributed by atoms with E-state index in [9.17, 15) is 9.59 Å². The fourth-order valence-corrected chi connectivity index (χ4v) is 2.35. The largest absolute Gasteiger partial charge is 0.480 e. The first-order valence-corrected chi connectivity index (χ1v) is 8.02. The van der Waals surface area contributed by atoms with E-state index >= 15 is 0 Å². The monoisotopic (exact) mass is 315 g/mol. The van der Waals surface area contributed by atoms with Crippen LogP contribution in [0.2, 0.25) is 0 Å². The molecule has 6 nitrogen and oxygen atoms in total. The highest BCUT2D eigenvalue weighted by molar-refractivity contribution is 5.85. The van der Waals surface area contributed by atoms with Crippen molar-refractivity contribution in [1.82, 2.24) is 16.0 Å². The molecule has 22 heavy (non-hydrogen) atoms. The number of aliphatic carboxylic acids is 1. The van der Waals surface area contributed by atoms with Gasteiger partial charge >= 0.3 is 5.97 Å². The lowest BCUT2D eigenvalue weighted by atomic mass is 10.0. The molecule has 0 aliphatic carbocycles. The van der Waals surface area contributed by atoms with E-state index in [1.54, 1.807) is 0 Å². The van der Waals surface area contributed by atoms with Crippen molar-refractivity contribution in [3.8, 4) is 0 Å². The number of rotatable bonds is 10. The van der Waals surface area contributed by atoms with Crippen molar-refractivity contribution in [3.63, 3.8) is 0 Å². The zero-order chi connectivity index (χ0) is 17.5. The highest BCUT2D eigenvalue weighted by Crippen LogP contribution is 2.06. The van der Waals surface area contributed by atoms with E-state index in [1.807, 2.05) is 48.5 Å². The van der Waals surface area contributed by atoms with Crippen molar-refractivity contribution in [2.45, 2.75) is 78.6 Å². The van der Waals surface area contributed by atoms with Gasteiger partial charge in [-0.1, -0.05) is 13.8 Å². The number of nitrogens with one attached hydrogen (secondary N) is 3. The molecular weight excluding hydrogens is 282 g/mol. The van der Waals surface area contributed by atoms with Gasteiger partial charge in [0.25, 0.3) is 0 Å². The molecule has 0 saturated heterocycles. The van der Waals surface area contributed by atoms with Gasteiger partial charge < -0.3 is 21.1 Å². The van der Waals surface area contributed by atoms with Crippen LogP contribution < -0.4 is 16.0 Å². The van der Waals surface area contributed by atoms with Crippen molar-refractivity contribution in [3.05, 3.63) is 0 Å². The first-order valence-electron chi connectivity index (χ1n) is 8.02. The molecule has 0 radical (unpaired) electrons. The Hall–Kier alpha value is -1.14. The molecular formula is C16H33N3O3. The molecule has 2 atom stereocenters. The first-order chi connectivity index (χ1) is 9.97. The minimum absolute atomic E-state index is 0.0173. The Morgan fingerprint density at radius 3 is 2.05 bits per heavy atom. The topological polar surface area (TPSA) is 90.5 Å². The Morgan fingerprint density at radius 1 is 1.09 bits per heavy atom. The van der Waals surface area contributed by atoms with E-state index in [2.05, 4.69) is 16.0 Å². The van der Waals surface area contributed by atoms with Crippen molar-refractivity contribution in [2.24, 2.45) is 5.92 Å². The van der Waals surface area contributed by atoms with E-state index in [0.29, 0.717) is 13.0 Å². The summed E-state index contributed by atoms with van der Waals surface area (Å²) in [6, 6.07) is -0.321. The minimum atomic E-state index is -0.840. The number of carboxylic acids is 1. The molecule has 0 bridgehead atoms. The molecule has 0 saturated carbocycles. The maximum atomic E-state index is 12.1. The smallest absolute Gasteiger partial charge is 0.320 e. The Labute approximate surface area is 134 Å². The Balaban J connectivity index is 4.24. The molecule has 1 amide bonds. The van der Waals surface area contributed by atoms with Crippen LogP contribution in [0, 0.1) is 5.92 Å². The number of carbonyl (C=O) groups excluding carboxylic acids is 1. The van der Waals surface area contributed by atoms with E-state index in [1.165, 1.54) is 0 Å². The van der Waals surface area contributed by atoms with Crippen LogP contribution in [0.4, 0.5) is 0 Å². The molecule has 6 heteroatoms. The first kappa shape index (κ1) is 20.9. The summed E-state index contributed by atoms with van der Waals surface area (Å²) in [6.07, 6.45) is 0.681. The standard InChI is InChI=1S/C16H33N3O3/c1-10(2)13(14(20)21)18-12(5)8-9-17-15(22)16(6,7)19-11(3)4/h10-13,18-19H,8-9H2,1-7H3,(H,17,22)(H,20,21)/t12?,13-/m0/s1. The summed E-state index contributed by atoms with van der Waals surface area (Å²) in [5.41, 5.74) is -0.619. The van der Waals surface area contributed by atoms with Crippen LogP contribution >= 0.6 is 0 Å². The van der Waals surface area contributed by atoms with Crippen LogP contribution in [0.25, 0.3) is 0 Å². The minimum Gasteiger partial charge on any atom is -0.480 e. The van der Waals surface area contributed by atoms with Gasteiger partial charge in [-0.3, -0.25) is 9.59 Å². The summed E-state index contributed by atoms with van der Waals surface area (Å²) >= 11 is 0. The lowest BCUT2D eigenvalue weighted by Crippen LogP contribution is -2.55. The quantitative estimate of drug-likeness (QED) is 0.489. The summed E-state index contributed by atoms with van der Waals surface area (Å²) in [5, 5.41) is 18.4. The molecule has 0 heterocycles. The predicted octanol–water partition coefficient (Wildman–Crippen LogP) is 1.36. The summed E-state index contributed by atoms with van der Waals surface area (Å²) in [4.78, 5) is 23.3. The Bertz CT molecular complexity index is 368. The van der Waals surface area contributed by atoms with Crippen LogP contribution in [0.5, 0.6) is 0 Å². The van der Waals surface area contributed by atoms with Gasteiger partial charge in [-0.15, -0.1) is 0 Å². The molecule has 0 aliphatic heterocycles. The van der Waals surface area contributed by atoms with Gasteiger partial charge in [0.2, 0.25) is 5.91 Å². The van der Waals surface area contributed by atoms with Gasteiger partial charge in [-0.05, 0) is 47.0 Å². The summed E-state index contributed by atoms with van der Waals surface area (Å²) in [7, 11) is 0. The molecule has 0 aliphatic rings. The molecule has 0 aromatic rings. The maximum absolute atomic E-state index is 12.1. The van der Waals surface area contributed by atoms with Gasteiger partial charge in [0.05, 0.1) is 5.54 Å². The molecule has 0 fully saturated rings. The second kappa shape index (κ2) is 9.10. The zero-order valence-corrected chi connectivity index (χ0v) is 15.0. The molecule has 4 N–H and O–H groups in total. The van der Waals surface area contributed by atoms with Crippen LogP contribution in [0.3, 0.4) is 0 Å². The lowest BCUT2D eigenvalue weighted by Gasteiger charge is -2.28. The van der Waals surface area contributed by atoms with Gasteiger partial charge in [-0.25, -0.2) is 0 Å². The van der Waals surface area contributed by atoms with Crippen LogP contribution in [0.1, 0.15) is 54.9 Å². The summed E-state index contributed by atoms with van der Waals surface area (Å²) < 4.78 is 0. The second-order valence-corrected chi connectivity index (χ2v) is 7.10. The fraction of sp³-hybridized carbons (Fsp3) is 0.875. The highest BCUT2D eigenvalue weighted by atomic mass is 16.4. The molecule has 0 aromatic heterocycles. The normalized spacial score (nSPS) is 15.0. The van der Waals surface area contributed by atoms with Crippen molar-refractivity contribution in [1.29, 1.82) is 0 Å². The number of amides is 1. The second-order valence-electron chi connectivity index (χ2n) is 7.10. The average molecular weight is 315 g/mol. The highest BCUT2D eigenvalue weighted by Gasteiger charge is 2.28. The zero-order valence-electron chi connectivity index (χ0n) is 15.0. The maximum Gasteiger partial charge on any atom is 0.320 e. The van der Waals surface area contributed by atoms with Crippen molar-refractivity contribution in [2.75, 3.05) is 6.54 Å². The molecule has 0 spiro atoms. The van der Waals surface area contributed by atoms with E-state index in [-0.39, 0.29) is 23.9 Å². The fourth-order valence-electron chi connectivity index (χ4n) is 2.35. The summed E-state index contributed by atoms with van der Waals surface area (Å²) in [5.74, 6) is -0.871. The number of hydrogen-bond donors (Lipinski definition) is 4. The molecule has 0 aromatic carbocycles. The van der Waals surface area contributed by atoms with Gasteiger partial charge in [0.1, 0.15) is 6.04 Å². The van der Waals surface area contributed by atoms with Gasteiger partial charge in [0, 0.05) is 18.6 Å².